The van der Waals surface area contributed by atoms with Gasteiger partial charge in [0.25, 0.3) is 5.91 Å². The van der Waals surface area contributed by atoms with Crippen LogP contribution in [0, 0.1) is 0 Å². The van der Waals surface area contributed by atoms with Crippen LogP contribution in [-0.4, -0.2) is 29.1 Å². The van der Waals surface area contributed by atoms with Crippen LogP contribution in [0.2, 0.25) is 0 Å². The number of carbonyl (C=O) groups is 1. The molecule has 16 heavy (non-hydrogen) atoms. The van der Waals surface area contributed by atoms with Crippen molar-refractivity contribution in [3.63, 3.8) is 0 Å². The average Bonchev–Trinajstić information content (AvgIpc) is 2.48. The number of rotatable bonds is 1. The zero-order valence-corrected chi connectivity index (χ0v) is 9.27. The van der Waals surface area contributed by atoms with Crippen LogP contribution in [0.4, 0.5) is 0 Å². The van der Waals surface area contributed by atoms with Crippen LogP contribution < -0.4 is 5.32 Å². The van der Waals surface area contributed by atoms with Gasteiger partial charge in [-0.25, -0.2) is 0 Å². The predicted octanol–water partition coefficient (Wildman–Crippen LogP) is 1.14. The molecule has 1 aromatic carbocycles. The highest BCUT2D eigenvalue weighted by Crippen LogP contribution is 2.18. The zero-order valence-electron chi connectivity index (χ0n) is 9.27. The van der Waals surface area contributed by atoms with Gasteiger partial charge in [-0.3, -0.25) is 4.79 Å². The van der Waals surface area contributed by atoms with Gasteiger partial charge in [0, 0.05) is 7.05 Å². The topological polar surface area (TPSA) is 52.6 Å². The third-order valence-electron chi connectivity index (χ3n) is 2.73. The molecule has 1 unspecified atom stereocenters. The Morgan fingerprint density at radius 3 is 2.50 bits per heavy atom. The summed E-state index contributed by atoms with van der Waals surface area (Å²) in [5.41, 5.74) is 1.53. The third-order valence-corrected chi connectivity index (χ3v) is 2.73. The first-order chi connectivity index (χ1) is 7.58. The summed E-state index contributed by atoms with van der Waals surface area (Å²) in [4.78, 5) is 13.5. The van der Waals surface area contributed by atoms with E-state index in [-0.39, 0.29) is 17.8 Å². The molecule has 0 radical (unpaired) electrons. The minimum Gasteiger partial charge on any atom is -0.508 e. The van der Waals surface area contributed by atoms with Crippen molar-refractivity contribution in [2.75, 3.05) is 7.05 Å². The van der Waals surface area contributed by atoms with E-state index >= 15 is 0 Å². The van der Waals surface area contributed by atoms with Crippen LogP contribution >= 0.6 is 0 Å². The molecule has 1 saturated heterocycles. The fourth-order valence-electron chi connectivity index (χ4n) is 1.63. The quantitative estimate of drug-likeness (QED) is 0.695. The lowest BCUT2D eigenvalue weighted by Crippen LogP contribution is -2.29. The maximum Gasteiger partial charge on any atom is 0.269 e. The summed E-state index contributed by atoms with van der Waals surface area (Å²) in [7, 11) is 1.87. The Balaban J connectivity index is 2.30. The number of phenols is 1. The summed E-state index contributed by atoms with van der Waals surface area (Å²) in [5.74, 6) is 0.155. The fraction of sp³-hybridized carbons (Fsp3) is 0.250. The van der Waals surface area contributed by atoms with E-state index in [9.17, 15) is 4.79 Å². The normalized spacial score (nSPS) is 22.6. The summed E-state index contributed by atoms with van der Waals surface area (Å²) >= 11 is 0. The molecule has 1 fully saturated rings. The molecule has 1 aliphatic rings. The molecule has 0 aliphatic carbocycles. The van der Waals surface area contributed by atoms with Gasteiger partial charge in [-0.05, 0) is 30.7 Å². The molecule has 1 atom stereocenters. The number of amides is 1. The van der Waals surface area contributed by atoms with E-state index in [2.05, 4.69) is 5.32 Å². The summed E-state index contributed by atoms with van der Waals surface area (Å²) in [6.45, 7) is 1.93. The lowest BCUT2D eigenvalue weighted by atomic mass is 10.2. The van der Waals surface area contributed by atoms with Gasteiger partial charge in [0.2, 0.25) is 0 Å². The van der Waals surface area contributed by atoms with E-state index in [0.29, 0.717) is 5.70 Å². The van der Waals surface area contributed by atoms with E-state index in [1.165, 1.54) is 0 Å². The number of aromatic hydroxyl groups is 1. The van der Waals surface area contributed by atoms with Gasteiger partial charge in [-0.15, -0.1) is 0 Å². The van der Waals surface area contributed by atoms with E-state index in [0.717, 1.165) is 5.56 Å². The molecule has 4 heteroatoms. The SMILES string of the molecule is CC1NC(=O)/C(=C/c2ccc(O)cc2)N1C. The molecule has 0 bridgehead atoms. The zero-order chi connectivity index (χ0) is 11.7. The number of hydrogen-bond donors (Lipinski definition) is 2. The molecule has 4 nitrogen and oxygen atoms in total. The van der Waals surface area contributed by atoms with Crippen LogP contribution in [0.15, 0.2) is 30.0 Å². The van der Waals surface area contributed by atoms with Gasteiger partial charge in [0.05, 0.1) is 6.17 Å². The molecule has 84 valence electrons. The summed E-state index contributed by atoms with van der Waals surface area (Å²) in [6.07, 6.45) is 1.83. The third kappa shape index (κ3) is 1.86. The van der Waals surface area contributed by atoms with Gasteiger partial charge in [0.1, 0.15) is 11.4 Å². The van der Waals surface area contributed by atoms with Gasteiger partial charge < -0.3 is 15.3 Å². The minimum absolute atomic E-state index is 0.0239. The second-order valence-corrected chi connectivity index (χ2v) is 3.88. The van der Waals surface area contributed by atoms with E-state index in [1.54, 1.807) is 30.3 Å². The maximum absolute atomic E-state index is 11.6. The monoisotopic (exact) mass is 218 g/mol. The van der Waals surface area contributed by atoms with Gasteiger partial charge in [-0.2, -0.15) is 0 Å². The highest BCUT2D eigenvalue weighted by molar-refractivity contribution is 5.99. The summed E-state index contributed by atoms with van der Waals surface area (Å²) < 4.78 is 0. The largest absolute Gasteiger partial charge is 0.508 e. The number of carbonyl (C=O) groups excluding carboxylic acids is 1. The molecule has 0 saturated carbocycles. The maximum atomic E-state index is 11.6. The fourth-order valence-corrected chi connectivity index (χ4v) is 1.63. The molecule has 1 aromatic rings. The Bertz CT molecular complexity index is 437. The molecule has 2 N–H and O–H groups in total. The predicted molar refractivity (Wildman–Crippen MR) is 61.5 cm³/mol. The molecular formula is C12H14N2O2. The number of benzene rings is 1. The van der Waals surface area contributed by atoms with Crippen LogP contribution in [0.1, 0.15) is 12.5 Å². The second-order valence-electron chi connectivity index (χ2n) is 3.88. The average molecular weight is 218 g/mol. The van der Waals surface area contributed by atoms with Crippen molar-refractivity contribution in [1.82, 2.24) is 10.2 Å². The molecule has 0 aromatic heterocycles. The molecule has 1 aliphatic heterocycles. The molecule has 1 heterocycles. The highest BCUT2D eigenvalue weighted by Gasteiger charge is 2.27. The minimum atomic E-state index is -0.0666. The van der Waals surface area contributed by atoms with Crippen molar-refractivity contribution in [2.24, 2.45) is 0 Å². The van der Waals surface area contributed by atoms with Crippen molar-refractivity contribution in [3.8, 4) is 5.75 Å². The lowest BCUT2D eigenvalue weighted by molar-refractivity contribution is -0.116. The number of nitrogens with one attached hydrogen (secondary N) is 1. The van der Waals surface area contributed by atoms with Crippen molar-refractivity contribution >= 4 is 12.0 Å². The Morgan fingerprint density at radius 1 is 1.38 bits per heavy atom. The Labute approximate surface area is 94.2 Å². The molecule has 0 spiro atoms. The van der Waals surface area contributed by atoms with E-state index in [1.807, 2.05) is 18.9 Å². The van der Waals surface area contributed by atoms with Crippen molar-refractivity contribution in [3.05, 3.63) is 35.5 Å². The second kappa shape index (κ2) is 3.89. The van der Waals surface area contributed by atoms with Crippen LogP contribution in [0.5, 0.6) is 5.75 Å². The summed E-state index contributed by atoms with van der Waals surface area (Å²) in [5, 5.41) is 12.0. The van der Waals surface area contributed by atoms with Crippen LogP contribution in [0.25, 0.3) is 6.08 Å². The molecule has 1 amide bonds. The molecule has 2 rings (SSSR count). The first kappa shape index (κ1) is 10.5. The van der Waals surface area contributed by atoms with Crippen molar-refractivity contribution in [2.45, 2.75) is 13.1 Å². The van der Waals surface area contributed by atoms with E-state index in [4.69, 9.17) is 5.11 Å². The van der Waals surface area contributed by atoms with Crippen LogP contribution in [-0.2, 0) is 4.79 Å². The molecular weight excluding hydrogens is 204 g/mol. The number of nitrogens with zero attached hydrogens (tertiary/aromatic N) is 1. The Morgan fingerprint density at radius 2 is 2.00 bits per heavy atom. The van der Waals surface area contributed by atoms with Crippen LogP contribution in [0.3, 0.4) is 0 Å². The van der Waals surface area contributed by atoms with Gasteiger partial charge in [-0.1, -0.05) is 12.1 Å². The van der Waals surface area contributed by atoms with E-state index < -0.39 is 0 Å². The van der Waals surface area contributed by atoms with Gasteiger partial charge in [0.15, 0.2) is 0 Å². The smallest absolute Gasteiger partial charge is 0.269 e. The summed E-state index contributed by atoms with van der Waals surface area (Å²) in [6, 6.07) is 6.74. The van der Waals surface area contributed by atoms with Gasteiger partial charge >= 0.3 is 0 Å². The number of likely N-dealkylation sites (N-methyl/N-ethyl adjacent to an activating group) is 1. The first-order valence-corrected chi connectivity index (χ1v) is 5.12. The standard InChI is InChI=1S/C12H14N2O2/c1-8-13-12(16)11(14(8)2)7-9-3-5-10(15)6-4-9/h3-8,15H,1-2H3,(H,13,16)/b11-7-. The number of phenolic OH excluding ortho intramolecular Hbond substituents is 1. The van der Waals surface area contributed by atoms with Crippen molar-refractivity contribution in [1.29, 1.82) is 0 Å². The number of hydrogen-bond acceptors (Lipinski definition) is 3. The first-order valence-electron chi connectivity index (χ1n) is 5.12. The lowest BCUT2D eigenvalue weighted by Gasteiger charge is -2.16. The Hall–Kier alpha value is -1.97. The Kier molecular flexibility index (Phi) is 2.56. The van der Waals surface area contributed by atoms with Crippen molar-refractivity contribution < 1.29 is 9.90 Å². The highest BCUT2D eigenvalue weighted by atomic mass is 16.3.